The van der Waals surface area contributed by atoms with Crippen LogP contribution in [0.1, 0.15) is 27.2 Å². The summed E-state index contributed by atoms with van der Waals surface area (Å²) >= 11 is 0. The van der Waals surface area contributed by atoms with Crippen molar-refractivity contribution in [1.82, 2.24) is 5.32 Å². The Bertz CT molecular complexity index is 258. The fraction of sp³-hybridized carbons (Fsp3) is 0.750. The molecule has 1 saturated heterocycles. The van der Waals surface area contributed by atoms with Crippen LogP contribution in [0.4, 0.5) is 4.79 Å². The molecule has 0 aromatic heterocycles. The molecule has 0 bridgehead atoms. The number of rotatable bonds is 1. The minimum Gasteiger partial charge on any atom is -0.440 e. The molecule has 2 unspecified atom stereocenters. The number of hydrogen-bond donors (Lipinski definition) is 1. The average Bonchev–Trinajstić information content (AvgIpc) is 2.25. The molecule has 0 aromatic rings. The quantitative estimate of drug-likeness (QED) is 0.639. The van der Waals surface area contributed by atoms with Gasteiger partial charge >= 0.3 is 6.09 Å². The molecule has 1 fully saturated rings. The zero-order valence-corrected chi connectivity index (χ0v) is 7.47. The van der Waals surface area contributed by atoms with E-state index in [1.807, 2.05) is 6.92 Å². The fourth-order valence-electron chi connectivity index (χ4n) is 1.24. The summed E-state index contributed by atoms with van der Waals surface area (Å²) in [6.07, 6.45) is 0.110. The van der Waals surface area contributed by atoms with E-state index in [2.05, 4.69) is 11.4 Å². The first-order chi connectivity index (χ1) is 5.47. The van der Waals surface area contributed by atoms with Gasteiger partial charge in [-0.1, -0.05) is 6.92 Å². The monoisotopic (exact) mass is 168 g/mol. The number of nitrogens with zero attached hydrogens (tertiary/aromatic N) is 1. The highest BCUT2D eigenvalue weighted by molar-refractivity contribution is 5.73. The first-order valence-electron chi connectivity index (χ1n) is 3.90. The molecule has 0 radical (unpaired) electrons. The van der Waals surface area contributed by atoms with E-state index in [0.29, 0.717) is 6.42 Å². The summed E-state index contributed by atoms with van der Waals surface area (Å²) in [6, 6.07) is 2.06. The SMILES string of the molecule is CCC1(C)OC(=O)NC1(C)C#N. The lowest BCUT2D eigenvalue weighted by molar-refractivity contribution is 0.0355. The Morgan fingerprint density at radius 1 is 1.67 bits per heavy atom. The Labute approximate surface area is 71.5 Å². The molecule has 12 heavy (non-hydrogen) atoms. The molecule has 0 spiro atoms. The number of nitrogens with one attached hydrogen (secondary N) is 1. The van der Waals surface area contributed by atoms with Gasteiger partial charge in [0.15, 0.2) is 5.54 Å². The van der Waals surface area contributed by atoms with E-state index in [0.717, 1.165) is 0 Å². The largest absolute Gasteiger partial charge is 0.440 e. The van der Waals surface area contributed by atoms with E-state index in [9.17, 15) is 4.79 Å². The maximum atomic E-state index is 10.9. The summed E-state index contributed by atoms with van der Waals surface area (Å²) in [7, 11) is 0. The molecule has 0 aliphatic carbocycles. The highest BCUT2D eigenvalue weighted by atomic mass is 16.6. The molecule has 0 saturated carbocycles. The average molecular weight is 168 g/mol. The highest BCUT2D eigenvalue weighted by Crippen LogP contribution is 2.33. The van der Waals surface area contributed by atoms with E-state index in [4.69, 9.17) is 10.00 Å². The van der Waals surface area contributed by atoms with Gasteiger partial charge < -0.3 is 4.74 Å². The van der Waals surface area contributed by atoms with Crippen molar-refractivity contribution in [3.8, 4) is 6.07 Å². The van der Waals surface area contributed by atoms with Crippen molar-refractivity contribution in [1.29, 1.82) is 5.26 Å². The minimum atomic E-state index is -0.904. The number of nitriles is 1. The first kappa shape index (κ1) is 8.85. The van der Waals surface area contributed by atoms with Crippen LogP contribution in [-0.2, 0) is 4.74 Å². The topological polar surface area (TPSA) is 62.1 Å². The predicted octanol–water partition coefficient (Wildman–Crippen LogP) is 1.18. The Kier molecular flexibility index (Phi) is 1.75. The van der Waals surface area contributed by atoms with Crippen LogP contribution in [0.2, 0.25) is 0 Å². The number of carbonyl (C=O) groups excluding carboxylic acids is 1. The van der Waals surface area contributed by atoms with Crippen LogP contribution in [0, 0.1) is 11.3 Å². The molecule has 4 heteroatoms. The zero-order valence-electron chi connectivity index (χ0n) is 7.47. The number of carbonyl (C=O) groups is 1. The third-order valence-electron chi connectivity index (χ3n) is 2.63. The number of ether oxygens (including phenoxy) is 1. The Morgan fingerprint density at radius 2 is 2.25 bits per heavy atom. The third-order valence-corrected chi connectivity index (χ3v) is 2.63. The Morgan fingerprint density at radius 3 is 2.58 bits per heavy atom. The van der Waals surface area contributed by atoms with Crippen molar-refractivity contribution in [2.45, 2.75) is 38.3 Å². The summed E-state index contributed by atoms with van der Waals surface area (Å²) in [5.74, 6) is 0. The normalized spacial score (nSPS) is 40.0. The highest BCUT2D eigenvalue weighted by Gasteiger charge is 2.54. The fourth-order valence-corrected chi connectivity index (χ4v) is 1.24. The van der Waals surface area contributed by atoms with Gasteiger partial charge in [0.1, 0.15) is 5.60 Å². The predicted molar refractivity (Wildman–Crippen MR) is 42.3 cm³/mol. The molecule has 66 valence electrons. The van der Waals surface area contributed by atoms with Crippen LogP contribution >= 0.6 is 0 Å². The van der Waals surface area contributed by atoms with Gasteiger partial charge in [0.25, 0.3) is 0 Å². The summed E-state index contributed by atoms with van der Waals surface area (Å²) in [4.78, 5) is 10.9. The van der Waals surface area contributed by atoms with Crippen molar-refractivity contribution in [3.63, 3.8) is 0 Å². The molecule has 0 aromatic carbocycles. The van der Waals surface area contributed by atoms with E-state index < -0.39 is 17.2 Å². The van der Waals surface area contributed by atoms with Gasteiger partial charge in [-0.3, -0.25) is 5.32 Å². The van der Waals surface area contributed by atoms with Gasteiger partial charge in [-0.25, -0.2) is 4.79 Å². The number of amides is 1. The summed E-state index contributed by atoms with van der Waals surface area (Å²) in [5, 5.41) is 11.4. The Balaban J connectivity index is 3.03. The number of hydrogen-bond acceptors (Lipinski definition) is 3. The summed E-state index contributed by atoms with van der Waals surface area (Å²) < 4.78 is 5.03. The van der Waals surface area contributed by atoms with Crippen LogP contribution < -0.4 is 5.32 Å². The Hall–Kier alpha value is -1.24. The maximum absolute atomic E-state index is 10.9. The molecule has 1 amide bonds. The van der Waals surface area contributed by atoms with Gasteiger partial charge in [0, 0.05) is 0 Å². The second-order valence-electron chi connectivity index (χ2n) is 3.34. The van der Waals surface area contributed by atoms with Gasteiger partial charge in [0.2, 0.25) is 0 Å². The molecule has 1 aliphatic heterocycles. The van der Waals surface area contributed by atoms with Crippen LogP contribution in [-0.4, -0.2) is 17.2 Å². The molecule has 1 aliphatic rings. The lowest BCUT2D eigenvalue weighted by Crippen LogP contribution is -2.51. The second kappa shape index (κ2) is 2.37. The molecular weight excluding hydrogens is 156 g/mol. The van der Waals surface area contributed by atoms with Gasteiger partial charge in [-0.15, -0.1) is 0 Å². The third kappa shape index (κ3) is 0.934. The summed E-state index contributed by atoms with van der Waals surface area (Å²) in [5.41, 5.74) is -1.61. The van der Waals surface area contributed by atoms with Crippen molar-refractivity contribution in [2.24, 2.45) is 0 Å². The zero-order chi connectivity index (χ0) is 9.41. The standard InChI is InChI=1S/C8H12N2O2/c1-4-8(3)7(2,5-9)10-6(11)12-8/h4H2,1-3H3,(H,10,11). The van der Waals surface area contributed by atoms with Crippen LogP contribution in [0.15, 0.2) is 0 Å². The van der Waals surface area contributed by atoms with Crippen LogP contribution in [0.25, 0.3) is 0 Å². The lowest BCUT2D eigenvalue weighted by Gasteiger charge is -2.30. The van der Waals surface area contributed by atoms with Crippen molar-refractivity contribution >= 4 is 6.09 Å². The molecule has 4 nitrogen and oxygen atoms in total. The second-order valence-corrected chi connectivity index (χ2v) is 3.34. The van der Waals surface area contributed by atoms with E-state index in [1.54, 1.807) is 13.8 Å². The minimum absolute atomic E-state index is 0.511. The van der Waals surface area contributed by atoms with Crippen molar-refractivity contribution in [2.75, 3.05) is 0 Å². The smallest absolute Gasteiger partial charge is 0.409 e. The molecule has 1 N–H and O–H groups in total. The van der Waals surface area contributed by atoms with E-state index in [1.165, 1.54) is 0 Å². The molecule has 2 atom stereocenters. The lowest BCUT2D eigenvalue weighted by atomic mass is 9.83. The van der Waals surface area contributed by atoms with Gasteiger partial charge in [0.05, 0.1) is 6.07 Å². The van der Waals surface area contributed by atoms with Gasteiger partial charge in [-0.05, 0) is 20.3 Å². The van der Waals surface area contributed by atoms with E-state index >= 15 is 0 Å². The maximum Gasteiger partial charge on any atom is 0.409 e. The van der Waals surface area contributed by atoms with E-state index in [-0.39, 0.29) is 0 Å². The van der Waals surface area contributed by atoms with Gasteiger partial charge in [-0.2, -0.15) is 5.26 Å². The summed E-state index contributed by atoms with van der Waals surface area (Å²) in [6.45, 7) is 5.31. The van der Waals surface area contributed by atoms with Crippen LogP contribution in [0.3, 0.4) is 0 Å². The molecule has 1 rings (SSSR count). The molecule has 1 heterocycles. The number of cyclic esters (lactones) is 1. The van der Waals surface area contributed by atoms with Crippen molar-refractivity contribution < 1.29 is 9.53 Å². The van der Waals surface area contributed by atoms with Crippen LogP contribution in [0.5, 0.6) is 0 Å². The van der Waals surface area contributed by atoms with Crippen molar-refractivity contribution in [3.05, 3.63) is 0 Å². The first-order valence-corrected chi connectivity index (χ1v) is 3.90. The number of alkyl carbamates (subject to hydrolysis) is 1. The molecular formula is C8H12N2O2.